The van der Waals surface area contributed by atoms with Crippen LogP contribution in [0.25, 0.3) is 5.57 Å². The largest absolute Gasteiger partial charge is 0.496 e. The maximum absolute atomic E-state index is 13.7. The number of anilines is 1. The summed E-state index contributed by atoms with van der Waals surface area (Å²) in [5.41, 5.74) is 2.55. The Balaban J connectivity index is 1.52. The van der Waals surface area contributed by atoms with Crippen molar-refractivity contribution in [3.63, 3.8) is 0 Å². The molecule has 0 saturated heterocycles. The first kappa shape index (κ1) is 25.7. The minimum absolute atomic E-state index is 0.215. The number of aromatic nitrogens is 1. The van der Waals surface area contributed by atoms with Gasteiger partial charge in [0.05, 0.1) is 32.3 Å². The fourth-order valence-electron chi connectivity index (χ4n) is 5.62. The van der Waals surface area contributed by atoms with Crippen molar-refractivity contribution in [2.45, 2.75) is 31.3 Å². The zero-order chi connectivity index (χ0) is 27.0. The first-order valence-electron chi connectivity index (χ1n) is 12.3. The summed E-state index contributed by atoms with van der Waals surface area (Å²) in [7, 11) is 4.63. The van der Waals surface area contributed by atoms with Gasteiger partial charge in [-0.25, -0.2) is 4.39 Å². The molecule has 0 bridgehead atoms. The van der Waals surface area contributed by atoms with Gasteiger partial charge < -0.3 is 23.6 Å². The molecule has 2 heterocycles. The maximum atomic E-state index is 13.7. The number of ether oxygens (including phenoxy) is 3. The first-order chi connectivity index (χ1) is 18.3. The van der Waals surface area contributed by atoms with Crippen LogP contribution in [0.2, 0.25) is 0 Å². The molecule has 0 radical (unpaired) electrons. The number of carbonyl (C=O) groups is 2. The van der Waals surface area contributed by atoms with Gasteiger partial charge in [0.2, 0.25) is 0 Å². The Morgan fingerprint density at radius 2 is 1.89 bits per heavy atom. The van der Waals surface area contributed by atoms with Gasteiger partial charge in [-0.05, 0) is 67.3 Å². The predicted molar refractivity (Wildman–Crippen MR) is 138 cm³/mol. The third-order valence-electron chi connectivity index (χ3n) is 7.49. The topological polar surface area (TPSA) is 91.1 Å². The average Bonchev–Trinajstić information content (AvgIpc) is 3.66. The second kappa shape index (κ2) is 10.1. The lowest BCUT2D eigenvalue weighted by atomic mass is 9.79. The van der Waals surface area contributed by atoms with E-state index in [1.807, 2.05) is 6.07 Å². The molecule has 0 unspecified atom stereocenters. The highest BCUT2D eigenvalue weighted by Crippen LogP contribution is 2.54. The van der Waals surface area contributed by atoms with Gasteiger partial charge in [0, 0.05) is 30.3 Å². The van der Waals surface area contributed by atoms with Crippen LogP contribution >= 0.6 is 0 Å². The van der Waals surface area contributed by atoms with Gasteiger partial charge in [0.15, 0.2) is 5.69 Å². The fraction of sp³-hybridized carbons (Fsp3) is 0.345. The smallest absolute Gasteiger partial charge is 0.309 e. The molecule has 3 atom stereocenters. The number of amides is 1. The number of benzene rings is 2. The van der Waals surface area contributed by atoms with Crippen LogP contribution in [0, 0.1) is 18.7 Å². The van der Waals surface area contributed by atoms with Crippen LogP contribution in [0.3, 0.4) is 0 Å². The molecule has 5 rings (SSSR count). The zero-order valence-corrected chi connectivity index (χ0v) is 21.7. The van der Waals surface area contributed by atoms with Gasteiger partial charge in [-0.3, -0.25) is 9.59 Å². The number of aryl methyl sites for hydroxylation is 1. The van der Waals surface area contributed by atoms with Crippen molar-refractivity contribution in [3.05, 3.63) is 83.0 Å². The maximum Gasteiger partial charge on any atom is 0.309 e. The SMILES string of the molecule is COC(=O)[C@H]1CC[C@@]2(C=C(c3cc(N(C)C(=O)c4cc(C)on4)ccc3OC)CO2)[C@@H]1c1ccc(F)cc1. The zero-order valence-electron chi connectivity index (χ0n) is 21.7. The van der Waals surface area contributed by atoms with E-state index in [1.54, 1.807) is 51.4 Å². The van der Waals surface area contributed by atoms with Crippen molar-refractivity contribution in [3.8, 4) is 5.75 Å². The van der Waals surface area contributed by atoms with E-state index in [0.717, 1.165) is 16.7 Å². The number of carbonyl (C=O) groups excluding carboxylic acids is 2. The Morgan fingerprint density at radius 3 is 2.55 bits per heavy atom. The molecular formula is C29H29FN2O6. The molecule has 1 aliphatic carbocycles. The van der Waals surface area contributed by atoms with Crippen molar-refractivity contribution in [2.75, 3.05) is 32.8 Å². The van der Waals surface area contributed by atoms with Crippen molar-refractivity contribution >= 4 is 23.1 Å². The third kappa shape index (κ3) is 4.47. The van der Waals surface area contributed by atoms with Crippen molar-refractivity contribution in [1.82, 2.24) is 5.16 Å². The Kier molecular flexibility index (Phi) is 6.79. The molecule has 38 heavy (non-hydrogen) atoms. The molecule has 1 saturated carbocycles. The monoisotopic (exact) mass is 520 g/mol. The summed E-state index contributed by atoms with van der Waals surface area (Å²) in [5, 5.41) is 3.83. The van der Waals surface area contributed by atoms with Crippen LogP contribution in [-0.4, -0.2) is 50.5 Å². The number of rotatable bonds is 6. The number of halogens is 1. The van der Waals surface area contributed by atoms with E-state index in [9.17, 15) is 14.0 Å². The van der Waals surface area contributed by atoms with Gasteiger partial charge in [0.25, 0.3) is 5.91 Å². The van der Waals surface area contributed by atoms with E-state index in [4.69, 9.17) is 18.7 Å². The minimum Gasteiger partial charge on any atom is -0.496 e. The summed E-state index contributed by atoms with van der Waals surface area (Å²) in [6.45, 7) is 2.01. The number of esters is 1. The van der Waals surface area contributed by atoms with E-state index in [1.165, 1.54) is 24.1 Å². The highest BCUT2D eigenvalue weighted by atomic mass is 19.1. The lowest BCUT2D eigenvalue weighted by Crippen LogP contribution is -2.34. The second-order valence-corrected chi connectivity index (χ2v) is 9.68. The van der Waals surface area contributed by atoms with Gasteiger partial charge in [-0.1, -0.05) is 17.3 Å². The van der Waals surface area contributed by atoms with Gasteiger partial charge >= 0.3 is 5.97 Å². The lowest BCUT2D eigenvalue weighted by Gasteiger charge is -2.31. The molecule has 1 amide bonds. The molecule has 8 nitrogen and oxygen atoms in total. The van der Waals surface area contributed by atoms with Crippen molar-refractivity contribution in [2.24, 2.45) is 5.92 Å². The summed E-state index contributed by atoms with van der Waals surface area (Å²) in [5.74, 6) is -0.567. The molecule has 1 fully saturated rings. The Morgan fingerprint density at radius 1 is 1.13 bits per heavy atom. The summed E-state index contributed by atoms with van der Waals surface area (Å²) >= 11 is 0. The highest BCUT2D eigenvalue weighted by Gasteiger charge is 2.54. The van der Waals surface area contributed by atoms with Crippen LogP contribution in [0.5, 0.6) is 5.75 Å². The van der Waals surface area contributed by atoms with Crippen LogP contribution in [0.1, 0.15) is 46.1 Å². The molecule has 198 valence electrons. The predicted octanol–water partition coefficient (Wildman–Crippen LogP) is 4.93. The average molecular weight is 521 g/mol. The third-order valence-corrected chi connectivity index (χ3v) is 7.49. The first-order valence-corrected chi connectivity index (χ1v) is 12.3. The quantitative estimate of drug-likeness (QED) is 0.426. The van der Waals surface area contributed by atoms with E-state index in [2.05, 4.69) is 11.2 Å². The normalized spacial score (nSPS) is 22.4. The molecule has 0 N–H and O–H groups in total. The summed E-state index contributed by atoms with van der Waals surface area (Å²) in [4.78, 5) is 27.2. The van der Waals surface area contributed by atoms with E-state index >= 15 is 0 Å². The van der Waals surface area contributed by atoms with E-state index in [-0.39, 0.29) is 35.9 Å². The fourth-order valence-corrected chi connectivity index (χ4v) is 5.62. The number of hydrogen-bond donors (Lipinski definition) is 0. The van der Waals surface area contributed by atoms with Gasteiger partial charge in [-0.2, -0.15) is 0 Å². The molecule has 1 spiro atoms. The van der Waals surface area contributed by atoms with E-state index in [0.29, 0.717) is 30.0 Å². The molecular weight excluding hydrogens is 491 g/mol. The lowest BCUT2D eigenvalue weighted by molar-refractivity contribution is -0.146. The Hall–Kier alpha value is -3.98. The number of methoxy groups -OCH3 is 2. The summed E-state index contributed by atoms with van der Waals surface area (Å²) in [6, 6.07) is 13.2. The number of hydrogen-bond acceptors (Lipinski definition) is 7. The summed E-state index contributed by atoms with van der Waals surface area (Å²) in [6.07, 6.45) is 3.22. The molecule has 3 aromatic rings. The molecule has 1 aromatic heterocycles. The van der Waals surface area contributed by atoms with E-state index < -0.39 is 11.5 Å². The minimum atomic E-state index is -0.771. The standard InChI is InChI=1S/C29H29FN2O6/c1-17-13-24(31-38-17)27(33)32(2)21-9-10-25(35-3)23(14-21)19-15-29(37-16-19)12-11-22(28(34)36-4)26(29)18-5-7-20(30)8-6-18/h5-10,13-15,22,26H,11-12,16H2,1-4H3/t22-,26+,29+/m0/s1. The summed E-state index contributed by atoms with van der Waals surface area (Å²) < 4.78 is 36.0. The van der Waals surface area contributed by atoms with Crippen LogP contribution < -0.4 is 9.64 Å². The van der Waals surface area contributed by atoms with Gasteiger partial charge in [-0.15, -0.1) is 0 Å². The van der Waals surface area contributed by atoms with Crippen LogP contribution in [-0.2, 0) is 14.3 Å². The van der Waals surface area contributed by atoms with Crippen LogP contribution in [0.4, 0.5) is 10.1 Å². The molecule has 2 aromatic carbocycles. The Bertz CT molecular complexity index is 1400. The second-order valence-electron chi connectivity index (χ2n) is 9.68. The molecule has 2 aliphatic rings. The van der Waals surface area contributed by atoms with Gasteiger partial charge in [0.1, 0.15) is 17.3 Å². The van der Waals surface area contributed by atoms with Crippen molar-refractivity contribution < 1.29 is 32.7 Å². The Labute approximate surface area is 220 Å². The molecule has 9 heteroatoms. The highest BCUT2D eigenvalue weighted by molar-refractivity contribution is 6.04. The molecule has 1 aliphatic heterocycles. The van der Waals surface area contributed by atoms with Crippen molar-refractivity contribution in [1.29, 1.82) is 0 Å². The van der Waals surface area contributed by atoms with Crippen LogP contribution in [0.15, 0.2) is 59.1 Å². The number of nitrogens with zero attached hydrogens (tertiary/aromatic N) is 2.